The molecule has 1 aliphatic carbocycles. The summed E-state index contributed by atoms with van der Waals surface area (Å²) in [6.45, 7) is 3.54. The van der Waals surface area contributed by atoms with Gasteiger partial charge in [-0.15, -0.1) is 0 Å². The molecule has 0 amide bonds. The van der Waals surface area contributed by atoms with Crippen LogP contribution in [0.2, 0.25) is 0 Å². The third kappa shape index (κ3) is 2.37. The standard InChI is InChI=1S/C19H14N4O2/c1-9-13(5-11-3-4-12(24)6-16(11)25)17-10(2)15(8-21)19(22)23-18(17)14(9)7-20/h3-6,24-25H,1-2H3,(H2,22,23)/b13-5-. The number of phenols is 2. The van der Waals surface area contributed by atoms with Crippen molar-refractivity contribution in [3.05, 3.63) is 51.7 Å². The number of anilines is 1. The van der Waals surface area contributed by atoms with Gasteiger partial charge in [-0.05, 0) is 48.8 Å². The second-order valence-corrected chi connectivity index (χ2v) is 5.75. The van der Waals surface area contributed by atoms with Gasteiger partial charge >= 0.3 is 0 Å². The lowest BCUT2D eigenvalue weighted by Crippen LogP contribution is -2.03. The summed E-state index contributed by atoms with van der Waals surface area (Å²) in [5.41, 5.74) is 10.1. The maximum absolute atomic E-state index is 10.0. The molecule has 1 aromatic heterocycles. The van der Waals surface area contributed by atoms with Crippen LogP contribution in [0.4, 0.5) is 5.82 Å². The van der Waals surface area contributed by atoms with E-state index in [0.717, 1.165) is 0 Å². The van der Waals surface area contributed by atoms with Crippen LogP contribution < -0.4 is 5.73 Å². The van der Waals surface area contributed by atoms with E-state index in [-0.39, 0.29) is 22.9 Å². The molecule has 122 valence electrons. The van der Waals surface area contributed by atoms with Crippen molar-refractivity contribution >= 4 is 23.0 Å². The van der Waals surface area contributed by atoms with Gasteiger partial charge in [0.25, 0.3) is 0 Å². The third-order valence-electron chi connectivity index (χ3n) is 4.30. The molecular formula is C19H14N4O2. The number of nitrogen functional groups attached to an aromatic ring is 1. The maximum Gasteiger partial charge on any atom is 0.142 e. The highest BCUT2D eigenvalue weighted by Gasteiger charge is 2.29. The van der Waals surface area contributed by atoms with Gasteiger partial charge in [-0.25, -0.2) is 4.98 Å². The van der Waals surface area contributed by atoms with E-state index in [9.17, 15) is 20.7 Å². The van der Waals surface area contributed by atoms with Gasteiger partial charge in [0, 0.05) is 17.2 Å². The number of allylic oxidation sites excluding steroid dienone is 3. The summed E-state index contributed by atoms with van der Waals surface area (Å²) in [6.07, 6.45) is 1.71. The van der Waals surface area contributed by atoms with Crippen LogP contribution >= 0.6 is 0 Å². The molecule has 0 bridgehead atoms. The first-order valence-corrected chi connectivity index (χ1v) is 7.45. The molecule has 0 radical (unpaired) electrons. The fourth-order valence-corrected chi connectivity index (χ4v) is 3.01. The van der Waals surface area contributed by atoms with Crippen molar-refractivity contribution in [2.75, 3.05) is 5.73 Å². The molecule has 4 N–H and O–H groups in total. The van der Waals surface area contributed by atoms with Crippen LogP contribution in [0, 0.1) is 29.6 Å². The lowest BCUT2D eigenvalue weighted by molar-refractivity contribution is 0.450. The van der Waals surface area contributed by atoms with Gasteiger partial charge in [-0.2, -0.15) is 10.5 Å². The highest BCUT2D eigenvalue weighted by molar-refractivity contribution is 6.09. The normalized spacial score (nSPS) is 14.3. The molecule has 2 aromatic rings. The Morgan fingerprint density at radius 3 is 2.48 bits per heavy atom. The Hall–Kier alpha value is -3.77. The summed E-state index contributed by atoms with van der Waals surface area (Å²) in [6, 6.07) is 8.45. The Bertz CT molecular complexity index is 1070. The van der Waals surface area contributed by atoms with Crippen LogP contribution in [0.25, 0.3) is 17.2 Å². The predicted octanol–water partition coefficient (Wildman–Crippen LogP) is 3.11. The summed E-state index contributed by atoms with van der Waals surface area (Å²) in [4.78, 5) is 4.25. The van der Waals surface area contributed by atoms with Crippen molar-refractivity contribution in [1.29, 1.82) is 10.5 Å². The van der Waals surface area contributed by atoms with E-state index in [1.807, 2.05) is 6.07 Å². The first kappa shape index (κ1) is 16.1. The van der Waals surface area contributed by atoms with Crippen LogP contribution in [-0.2, 0) is 0 Å². The van der Waals surface area contributed by atoms with Gasteiger partial charge in [-0.1, -0.05) is 0 Å². The molecule has 0 saturated carbocycles. The second-order valence-electron chi connectivity index (χ2n) is 5.75. The van der Waals surface area contributed by atoms with Gasteiger partial charge in [0.2, 0.25) is 0 Å². The number of nitrogens with zero attached hydrogens (tertiary/aromatic N) is 3. The molecule has 0 unspecified atom stereocenters. The molecule has 0 atom stereocenters. The van der Waals surface area contributed by atoms with Crippen molar-refractivity contribution in [3.8, 4) is 23.6 Å². The summed E-state index contributed by atoms with van der Waals surface area (Å²) < 4.78 is 0. The number of hydrogen-bond donors (Lipinski definition) is 3. The third-order valence-corrected chi connectivity index (χ3v) is 4.30. The number of hydrogen-bond acceptors (Lipinski definition) is 6. The molecule has 6 nitrogen and oxygen atoms in total. The Balaban J connectivity index is 2.34. The SMILES string of the molecule is CC1=C(C#N)c2nc(N)c(C#N)c(C)c2/C1=C\c1ccc(O)cc1O. The number of nitrogens with two attached hydrogens (primary N) is 1. The summed E-state index contributed by atoms with van der Waals surface area (Å²) >= 11 is 0. The van der Waals surface area contributed by atoms with Gasteiger partial charge in [-0.3, -0.25) is 0 Å². The molecule has 0 saturated heterocycles. The fraction of sp³-hybridized carbons (Fsp3) is 0.105. The van der Waals surface area contributed by atoms with Crippen molar-refractivity contribution in [1.82, 2.24) is 4.98 Å². The molecule has 1 aromatic carbocycles. The molecule has 1 aliphatic rings. The summed E-state index contributed by atoms with van der Waals surface area (Å²) in [5, 5.41) is 38.3. The smallest absolute Gasteiger partial charge is 0.142 e. The molecule has 25 heavy (non-hydrogen) atoms. The Labute approximate surface area is 144 Å². The van der Waals surface area contributed by atoms with Crippen molar-refractivity contribution in [3.63, 3.8) is 0 Å². The Morgan fingerprint density at radius 2 is 1.88 bits per heavy atom. The summed E-state index contributed by atoms with van der Waals surface area (Å²) in [5.74, 6) is -0.0457. The quantitative estimate of drug-likeness (QED) is 0.737. The molecule has 0 aliphatic heterocycles. The van der Waals surface area contributed by atoms with E-state index in [1.165, 1.54) is 12.1 Å². The number of rotatable bonds is 1. The van der Waals surface area contributed by atoms with Crippen molar-refractivity contribution in [2.45, 2.75) is 13.8 Å². The zero-order chi connectivity index (χ0) is 18.3. The minimum absolute atomic E-state index is 0.0474. The maximum atomic E-state index is 10.0. The average molecular weight is 330 g/mol. The van der Waals surface area contributed by atoms with Crippen LogP contribution in [0.1, 0.15) is 34.9 Å². The lowest BCUT2D eigenvalue weighted by atomic mass is 9.95. The van der Waals surface area contributed by atoms with Crippen LogP contribution in [0.3, 0.4) is 0 Å². The molecule has 1 heterocycles. The molecule has 3 rings (SSSR count). The van der Waals surface area contributed by atoms with Crippen molar-refractivity contribution < 1.29 is 10.2 Å². The van der Waals surface area contributed by atoms with Crippen molar-refractivity contribution in [2.24, 2.45) is 0 Å². The van der Waals surface area contributed by atoms with E-state index >= 15 is 0 Å². The summed E-state index contributed by atoms with van der Waals surface area (Å²) in [7, 11) is 0. The minimum atomic E-state index is -0.0891. The molecule has 0 spiro atoms. The number of pyridine rings is 1. The van der Waals surface area contributed by atoms with Crippen LogP contribution in [0.5, 0.6) is 11.5 Å². The molecule has 6 heteroatoms. The van der Waals surface area contributed by atoms with Gasteiger partial charge < -0.3 is 15.9 Å². The first-order valence-electron chi connectivity index (χ1n) is 7.45. The second kappa shape index (κ2) is 5.70. The number of phenolic OH excluding ortho intramolecular Hbond substituents is 2. The Morgan fingerprint density at radius 1 is 1.16 bits per heavy atom. The van der Waals surface area contributed by atoms with Gasteiger partial charge in [0.1, 0.15) is 29.5 Å². The van der Waals surface area contributed by atoms with Gasteiger partial charge in [0.15, 0.2) is 0 Å². The monoisotopic (exact) mass is 330 g/mol. The number of aromatic nitrogens is 1. The number of nitriles is 2. The zero-order valence-corrected chi connectivity index (χ0v) is 13.6. The number of aromatic hydroxyl groups is 2. The predicted molar refractivity (Wildman–Crippen MR) is 94.0 cm³/mol. The van der Waals surface area contributed by atoms with Crippen LogP contribution in [-0.4, -0.2) is 15.2 Å². The number of fused-ring (bicyclic) bond motifs is 1. The highest BCUT2D eigenvalue weighted by Crippen LogP contribution is 2.44. The largest absolute Gasteiger partial charge is 0.508 e. The Kier molecular flexibility index (Phi) is 3.67. The number of benzene rings is 1. The molecule has 0 fully saturated rings. The fourth-order valence-electron chi connectivity index (χ4n) is 3.01. The van der Waals surface area contributed by atoms with E-state index in [4.69, 9.17) is 5.73 Å². The van der Waals surface area contributed by atoms with Crippen LogP contribution in [0.15, 0.2) is 23.8 Å². The van der Waals surface area contributed by atoms with E-state index in [0.29, 0.717) is 39.1 Å². The van der Waals surface area contributed by atoms with E-state index in [1.54, 1.807) is 26.0 Å². The topological polar surface area (TPSA) is 127 Å². The van der Waals surface area contributed by atoms with E-state index < -0.39 is 0 Å². The van der Waals surface area contributed by atoms with E-state index in [2.05, 4.69) is 11.1 Å². The highest BCUT2D eigenvalue weighted by atomic mass is 16.3. The minimum Gasteiger partial charge on any atom is -0.508 e. The zero-order valence-electron chi connectivity index (χ0n) is 13.6. The average Bonchev–Trinajstić information content (AvgIpc) is 2.82. The first-order chi connectivity index (χ1) is 11.9. The lowest BCUT2D eigenvalue weighted by Gasteiger charge is -2.11. The molecular weight excluding hydrogens is 316 g/mol. The van der Waals surface area contributed by atoms with Gasteiger partial charge in [0.05, 0.1) is 16.8 Å².